The number of nitrogens with one attached hydrogen (secondary N) is 2. The summed E-state index contributed by atoms with van der Waals surface area (Å²) in [6, 6.07) is 0. The average Bonchev–Trinajstić information content (AvgIpc) is 2.34. The molecule has 0 amide bonds. The average molecular weight is 227 g/mol. The summed E-state index contributed by atoms with van der Waals surface area (Å²) in [5, 5.41) is 6.89. The SMILES string of the molecule is CCCCNCCCCCN1CCNCC1. The zero-order valence-corrected chi connectivity index (χ0v) is 10.9. The highest BCUT2D eigenvalue weighted by molar-refractivity contribution is 4.67. The lowest BCUT2D eigenvalue weighted by molar-refractivity contribution is 0.236. The van der Waals surface area contributed by atoms with Crippen LogP contribution in [0.4, 0.5) is 0 Å². The molecule has 0 bridgehead atoms. The molecule has 2 N–H and O–H groups in total. The van der Waals surface area contributed by atoms with Crippen LogP contribution in [0.1, 0.15) is 39.0 Å². The van der Waals surface area contributed by atoms with E-state index in [1.165, 1.54) is 77.9 Å². The van der Waals surface area contributed by atoms with Gasteiger partial charge < -0.3 is 15.5 Å². The van der Waals surface area contributed by atoms with E-state index in [9.17, 15) is 0 Å². The summed E-state index contributed by atoms with van der Waals surface area (Å²) in [6.45, 7) is 10.8. The van der Waals surface area contributed by atoms with Crippen molar-refractivity contribution in [3.63, 3.8) is 0 Å². The lowest BCUT2D eigenvalue weighted by Gasteiger charge is -2.27. The van der Waals surface area contributed by atoms with Crippen LogP contribution in [0.3, 0.4) is 0 Å². The van der Waals surface area contributed by atoms with Gasteiger partial charge in [-0.15, -0.1) is 0 Å². The number of rotatable bonds is 9. The van der Waals surface area contributed by atoms with Crippen molar-refractivity contribution in [3.8, 4) is 0 Å². The molecule has 1 heterocycles. The minimum atomic E-state index is 1.18. The fraction of sp³-hybridized carbons (Fsp3) is 1.00. The van der Waals surface area contributed by atoms with Gasteiger partial charge in [0.25, 0.3) is 0 Å². The fourth-order valence-electron chi connectivity index (χ4n) is 2.12. The van der Waals surface area contributed by atoms with Gasteiger partial charge in [-0.3, -0.25) is 0 Å². The smallest absolute Gasteiger partial charge is 0.0107 e. The fourth-order valence-corrected chi connectivity index (χ4v) is 2.12. The van der Waals surface area contributed by atoms with E-state index in [2.05, 4.69) is 22.5 Å². The largest absolute Gasteiger partial charge is 0.317 e. The number of hydrogen-bond donors (Lipinski definition) is 2. The van der Waals surface area contributed by atoms with Crippen molar-refractivity contribution >= 4 is 0 Å². The third-order valence-corrected chi connectivity index (χ3v) is 3.24. The Bertz CT molecular complexity index is 144. The summed E-state index contributed by atoms with van der Waals surface area (Å²) in [5.74, 6) is 0. The maximum atomic E-state index is 3.50. The third-order valence-electron chi connectivity index (χ3n) is 3.24. The van der Waals surface area contributed by atoms with Crippen molar-refractivity contribution in [1.82, 2.24) is 15.5 Å². The molecule has 1 rings (SSSR count). The third kappa shape index (κ3) is 7.20. The van der Waals surface area contributed by atoms with Gasteiger partial charge in [-0.25, -0.2) is 0 Å². The molecule has 0 aromatic rings. The van der Waals surface area contributed by atoms with Gasteiger partial charge in [-0.2, -0.15) is 0 Å². The highest BCUT2D eigenvalue weighted by Crippen LogP contribution is 1.99. The Labute approximate surface area is 101 Å². The molecule has 0 spiro atoms. The van der Waals surface area contributed by atoms with Crippen LogP contribution in [0.2, 0.25) is 0 Å². The molecule has 0 saturated carbocycles. The molecule has 0 unspecified atom stereocenters. The molecular weight excluding hydrogens is 198 g/mol. The summed E-state index contributed by atoms with van der Waals surface area (Å²) in [6.07, 6.45) is 6.71. The minimum Gasteiger partial charge on any atom is -0.317 e. The second-order valence-corrected chi connectivity index (χ2v) is 4.76. The first-order valence-electron chi connectivity index (χ1n) is 7.07. The zero-order valence-electron chi connectivity index (χ0n) is 10.9. The second-order valence-electron chi connectivity index (χ2n) is 4.76. The van der Waals surface area contributed by atoms with Crippen molar-refractivity contribution in [3.05, 3.63) is 0 Å². The van der Waals surface area contributed by atoms with Gasteiger partial charge in [-0.05, 0) is 38.9 Å². The number of unbranched alkanes of at least 4 members (excludes halogenated alkanes) is 3. The Hall–Kier alpha value is -0.120. The van der Waals surface area contributed by atoms with Crippen LogP contribution in [0.25, 0.3) is 0 Å². The molecule has 96 valence electrons. The molecule has 0 atom stereocenters. The molecule has 16 heavy (non-hydrogen) atoms. The van der Waals surface area contributed by atoms with E-state index in [0.717, 1.165) is 0 Å². The van der Waals surface area contributed by atoms with Crippen LogP contribution in [0.5, 0.6) is 0 Å². The van der Waals surface area contributed by atoms with E-state index in [-0.39, 0.29) is 0 Å². The van der Waals surface area contributed by atoms with Gasteiger partial charge in [-0.1, -0.05) is 19.8 Å². The van der Waals surface area contributed by atoms with E-state index in [1.807, 2.05) is 0 Å². The number of hydrogen-bond acceptors (Lipinski definition) is 3. The van der Waals surface area contributed by atoms with Gasteiger partial charge in [0.1, 0.15) is 0 Å². The first kappa shape index (κ1) is 13.9. The first-order valence-corrected chi connectivity index (χ1v) is 7.07. The Morgan fingerprint density at radius 3 is 2.50 bits per heavy atom. The normalized spacial score (nSPS) is 17.8. The molecule has 1 aliphatic rings. The van der Waals surface area contributed by atoms with Crippen LogP contribution < -0.4 is 10.6 Å². The van der Waals surface area contributed by atoms with E-state index < -0.39 is 0 Å². The second kappa shape index (κ2) is 10.1. The number of nitrogens with zero attached hydrogens (tertiary/aromatic N) is 1. The molecule has 0 radical (unpaired) electrons. The Morgan fingerprint density at radius 2 is 1.75 bits per heavy atom. The summed E-state index contributed by atoms with van der Waals surface area (Å²) >= 11 is 0. The summed E-state index contributed by atoms with van der Waals surface area (Å²) < 4.78 is 0. The van der Waals surface area contributed by atoms with E-state index >= 15 is 0 Å². The zero-order chi connectivity index (χ0) is 11.5. The van der Waals surface area contributed by atoms with Crippen LogP contribution in [-0.4, -0.2) is 50.7 Å². The van der Waals surface area contributed by atoms with E-state index in [4.69, 9.17) is 0 Å². The lowest BCUT2D eigenvalue weighted by Crippen LogP contribution is -2.43. The molecule has 1 aliphatic heterocycles. The van der Waals surface area contributed by atoms with Crippen molar-refractivity contribution < 1.29 is 0 Å². The summed E-state index contributed by atoms with van der Waals surface area (Å²) in [7, 11) is 0. The highest BCUT2D eigenvalue weighted by Gasteiger charge is 2.07. The Morgan fingerprint density at radius 1 is 1.00 bits per heavy atom. The standard InChI is InChI=1S/C13H29N3/c1-2-3-7-14-8-5-4-6-11-16-12-9-15-10-13-16/h14-15H,2-13H2,1H3. The minimum absolute atomic E-state index is 1.18. The van der Waals surface area contributed by atoms with Crippen LogP contribution >= 0.6 is 0 Å². The van der Waals surface area contributed by atoms with Crippen LogP contribution in [0, 0.1) is 0 Å². The van der Waals surface area contributed by atoms with Crippen molar-refractivity contribution in [2.45, 2.75) is 39.0 Å². The topological polar surface area (TPSA) is 27.3 Å². The molecular formula is C13H29N3. The maximum absolute atomic E-state index is 3.50. The van der Waals surface area contributed by atoms with E-state index in [0.29, 0.717) is 0 Å². The molecule has 0 aromatic heterocycles. The van der Waals surface area contributed by atoms with Gasteiger partial charge in [0.05, 0.1) is 0 Å². The van der Waals surface area contributed by atoms with Gasteiger partial charge in [0.2, 0.25) is 0 Å². The van der Waals surface area contributed by atoms with Crippen molar-refractivity contribution in [1.29, 1.82) is 0 Å². The lowest BCUT2D eigenvalue weighted by atomic mass is 10.2. The Balaban J connectivity index is 1.77. The van der Waals surface area contributed by atoms with Gasteiger partial charge in [0.15, 0.2) is 0 Å². The molecule has 1 saturated heterocycles. The predicted octanol–water partition coefficient (Wildman–Crippen LogP) is 1.45. The van der Waals surface area contributed by atoms with Gasteiger partial charge >= 0.3 is 0 Å². The monoisotopic (exact) mass is 227 g/mol. The van der Waals surface area contributed by atoms with Crippen molar-refractivity contribution in [2.24, 2.45) is 0 Å². The van der Waals surface area contributed by atoms with E-state index in [1.54, 1.807) is 0 Å². The van der Waals surface area contributed by atoms with Crippen LogP contribution in [0.15, 0.2) is 0 Å². The highest BCUT2D eigenvalue weighted by atomic mass is 15.2. The summed E-state index contributed by atoms with van der Waals surface area (Å²) in [4.78, 5) is 2.58. The Kier molecular flexibility index (Phi) is 8.77. The quantitative estimate of drug-likeness (QED) is 0.584. The molecule has 3 nitrogen and oxygen atoms in total. The van der Waals surface area contributed by atoms with Gasteiger partial charge in [0, 0.05) is 26.2 Å². The maximum Gasteiger partial charge on any atom is 0.0107 e. The first-order chi connectivity index (χ1) is 7.93. The predicted molar refractivity (Wildman–Crippen MR) is 70.9 cm³/mol. The van der Waals surface area contributed by atoms with Crippen molar-refractivity contribution in [2.75, 3.05) is 45.8 Å². The molecule has 0 aliphatic carbocycles. The molecule has 1 fully saturated rings. The van der Waals surface area contributed by atoms with Crippen LogP contribution in [-0.2, 0) is 0 Å². The number of piperazine rings is 1. The summed E-state index contributed by atoms with van der Waals surface area (Å²) in [5.41, 5.74) is 0. The molecule has 3 heteroatoms. The molecule has 0 aromatic carbocycles.